The standard InChI is InChI=1S/C17H26BrN3O/c1-3-4-5-8-20-9-11-21(12-10-20)17(22)19-15-7-6-14(2)16(18)13-15/h6-7,13H,3-5,8-12H2,1-2H3,(H,19,22). The van der Waals surface area contributed by atoms with Gasteiger partial charge in [-0.15, -0.1) is 0 Å². The highest BCUT2D eigenvalue weighted by molar-refractivity contribution is 9.10. The van der Waals surface area contributed by atoms with Crippen molar-refractivity contribution in [1.29, 1.82) is 0 Å². The molecule has 1 saturated heterocycles. The van der Waals surface area contributed by atoms with Gasteiger partial charge in [0, 0.05) is 36.3 Å². The molecular weight excluding hydrogens is 342 g/mol. The van der Waals surface area contributed by atoms with Gasteiger partial charge in [0.05, 0.1) is 0 Å². The van der Waals surface area contributed by atoms with E-state index in [2.05, 4.69) is 33.1 Å². The molecule has 122 valence electrons. The summed E-state index contributed by atoms with van der Waals surface area (Å²) < 4.78 is 1.02. The molecular formula is C17H26BrN3O. The molecule has 5 heteroatoms. The van der Waals surface area contributed by atoms with Crippen LogP contribution in [0.25, 0.3) is 0 Å². The van der Waals surface area contributed by atoms with Crippen LogP contribution in [0.1, 0.15) is 31.7 Å². The molecule has 0 unspecified atom stereocenters. The van der Waals surface area contributed by atoms with Crippen molar-refractivity contribution in [3.05, 3.63) is 28.2 Å². The van der Waals surface area contributed by atoms with Crippen molar-refractivity contribution in [2.75, 3.05) is 38.0 Å². The van der Waals surface area contributed by atoms with E-state index in [1.54, 1.807) is 0 Å². The number of urea groups is 1. The highest BCUT2D eigenvalue weighted by Crippen LogP contribution is 2.21. The van der Waals surface area contributed by atoms with Gasteiger partial charge in [-0.2, -0.15) is 0 Å². The van der Waals surface area contributed by atoms with Crippen LogP contribution >= 0.6 is 15.9 Å². The van der Waals surface area contributed by atoms with Crippen LogP contribution in [0.15, 0.2) is 22.7 Å². The molecule has 1 aliphatic heterocycles. The lowest BCUT2D eigenvalue weighted by molar-refractivity contribution is 0.146. The van der Waals surface area contributed by atoms with Crippen molar-refractivity contribution in [3.8, 4) is 0 Å². The van der Waals surface area contributed by atoms with E-state index in [1.165, 1.54) is 24.8 Å². The highest BCUT2D eigenvalue weighted by atomic mass is 79.9. The Balaban J connectivity index is 1.78. The quantitative estimate of drug-likeness (QED) is 0.795. The first-order valence-electron chi connectivity index (χ1n) is 8.14. The van der Waals surface area contributed by atoms with Crippen LogP contribution < -0.4 is 5.32 Å². The monoisotopic (exact) mass is 367 g/mol. The molecule has 2 amide bonds. The summed E-state index contributed by atoms with van der Waals surface area (Å²) in [6.07, 6.45) is 3.82. The minimum absolute atomic E-state index is 0.00367. The van der Waals surface area contributed by atoms with E-state index in [1.807, 2.05) is 30.0 Å². The van der Waals surface area contributed by atoms with Crippen molar-refractivity contribution in [3.63, 3.8) is 0 Å². The molecule has 1 heterocycles. The number of rotatable bonds is 5. The molecule has 1 N–H and O–H groups in total. The maximum absolute atomic E-state index is 12.3. The van der Waals surface area contributed by atoms with Gasteiger partial charge in [-0.25, -0.2) is 4.79 Å². The SMILES string of the molecule is CCCCCN1CCN(C(=O)Nc2ccc(C)c(Br)c2)CC1. The maximum atomic E-state index is 12.3. The van der Waals surface area contributed by atoms with Gasteiger partial charge in [-0.1, -0.05) is 41.8 Å². The fourth-order valence-corrected chi connectivity index (χ4v) is 3.01. The first-order chi connectivity index (χ1) is 10.6. The van der Waals surface area contributed by atoms with Crippen LogP contribution in [0.3, 0.4) is 0 Å². The lowest BCUT2D eigenvalue weighted by Crippen LogP contribution is -2.50. The van der Waals surface area contributed by atoms with E-state index in [0.717, 1.165) is 42.9 Å². The summed E-state index contributed by atoms with van der Waals surface area (Å²) in [6.45, 7) is 9.01. The van der Waals surface area contributed by atoms with Crippen LogP contribution in [0.5, 0.6) is 0 Å². The first-order valence-corrected chi connectivity index (χ1v) is 8.94. The number of carbonyl (C=O) groups is 1. The van der Waals surface area contributed by atoms with Crippen molar-refractivity contribution in [1.82, 2.24) is 9.80 Å². The maximum Gasteiger partial charge on any atom is 0.321 e. The third-order valence-corrected chi connectivity index (χ3v) is 5.01. The summed E-state index contributed by atoms with van der Waals surface area (Å²) in [4.78, 5) is 16.7. The van der Waals surface area contributed by atoms with Gasteiger partial charge in [-0.3, -0.25) is 4.90 Å². The zero-order valence-corrected chi connectivity index (χ0v) is 15.2. The van der Waals surface area contributed by atoms with E-state index in [4.69, 9.17) is 0 Å². The van der Waals surface area contributed by atoms with Crippen molar-refractivity contribution < 1.29 is 4.79 Å². The Labute approximate surface area is 142 Å². The molecule has 1 aromatic rings. The number of amides is 2. The average molecular weight is 368 g/mol. The Hall–Kier alpha value is -1.07. The molecule has 1 fully saturated rings. The minimum Gasteiger partial charge on any atom is -0.322 e. The topological polar surface area (TPSA) is 35.6 Å². The predicted molar refractivity (Wildman–Crippen MR) is 95.4 cm³/mol. The van der Waals surface area contributed by atoms with E-state index in [-0.39, 0.29) is 6.03 Å². The zero-order chi connectivity index (χ0) is 15.9. The Morgan fingerprint density at radius 3 is 2.59 bits per heavy atom. The average Bonchev–Trinajstić information content (AvgIpc) is 2.52. The third-order valence-electron chi connectivity index (χ3n) is 4.16. The summed E-state index contributed by atoms with van der Waals surface area (Å²) in [6, 6.07) is 5.91. The van der Waals surface area contributed by atoms with Crippen molar-refractivity contribution >= 4 is 27.6 Å². The van der Waals surface area contributed by atoms with Crippen LogP contribution in [0, 0.1) is 6.92 Å². The van der Waals surface area contributed by atoms with Crippen LogP contribution in [0.2, 0.25) is 0 Å². The second-order valence-electron chi connectivity index (χ2n) is 5.93. The summed E-state index contributed by atoms with van der Waals surface area (Å²) in [5.74, 6) is 0. The van der Waals surface area contributed by atoms with Gasteiger partial charge >= 0.3 is 6.03 Å². The molecule has 2 rings (SSSR count). The number of carbonyl (C=O) groups excluding carboxylic acids is 1. The van der Waals surface area contributed by atoms with Gasteiger partial charge in [0.25, 0.3) is 0 Å². The summed E-state index contributed by atoms with van der Waals surface area (Å²) in [5.41, 5.74) is 2.01. The first kappa shape index (κ1) is 17.3. The summed E-state index contributed by atoms with van der Waals surface area (Å²) >= 11 is 3.50. The van der Waals surface area contributed by atoms with Crippen molar-refractivity contribution in [2.45, 2.75) is 33.1 Å². The largest absolute Gasteiger partial charge is 0.322 e. The fraction of sp³-hybridized carbons (Fsp3) is 0.588. The van der Waals surface area contributed by atoms with Gasteiger partial charge in [0.15, 0.2) is 0 Å². The third kappa shape index (κ3) is 4.99. The number of aryl methyl sites for hydroxylation is 1. The zero-order valence-electron chi connectivity index (χ0n) is 13.6. The van der Waals surface area contributed by atoms with Crippen LogP contribution in [-0.2, 0) is 0 Å². The Morgan fingerprint density at radius 1 is 1.23 bits per heavy atom. The van der Waals surface area contributed by atoms with E-state index >= 15 is 0 Å². The van der Waals surface area contributed by atoms with Gasteiger partial charge < -0.3 is 10.2 Å². The lowest BCUT2D eigenvalue weighted by Gasteiger charge is -2.34. The van der Waals surface area contributed by atoms with Crippen LogP contribution in [-0.4, -0.2) is 48.6 Å². The molecule has 1 aromatic carbocycles. The molecule has 0 aromatic heterocycles. The molecule has 0 saturated carbocycles. The van der Waals surface area contributed by atoms with Gasteiger partial charge in [0.1, 0.15) is 0 Å². The Kier molecular flexibility index (Phi) is 6.70. The van der Waals surface area contributed by atoms with Crippen LogP contribution in [0.4, 0.5) is 10.5 Å². The second kappa shape index (κ2) is 8.53. The molecule has 22 heavy (non-hydrogen) atoms. The lowest BCUT2D eigenvalue weighted by atomic mass is 10.2. The van der Waals surface area contributed by atoms with E-state index in [0.29, 0.717) is 0 Å². The molecule has 4 nitrogen and oxygen atoms in total. The Morgan fingerprint density at radius 2 is 1.95 bits per heavy atom. The highest BCUT2D eigenvalue weighted by Gasteiger charge is 2.20. The molecule has 0 spiro atoms. The number of anilines is 1. The minimum atomic E-state index is 0.00367. The normalized spacial score (nSPS) is 15.9. The number of hydrogen-bond donors (Lipinski definition) is 1. The number of hydrogen-bond acceptors (Lipinski definition) is 2. The Bertz CT molecular complexity index is 499. The second-order valence-corrected chi connectivity index (χ2v) is 6.78. The predicted octanol–water partition coefficient (Wildman–Crippen LogP) is 4.10. The fourth-order valence-electron chi connectivity index (χ4n) is 2.63. The number of unbranched alkanes of at least 4 members (excludes halogenated alkanes) is 2. The molecule has 0 atom stereocenters. The summed E-state index contributed by atoms with van der Waals surface area (Å²) in [7, 11) is 0. The molecule has 0 bridgehead atoms. The molecule has 1 aliphatic rings. The number of halogens is 1. The smallest absolute Gasteiger partial charge is 0.321 e. The number of nitrogens with zero attached hydrogens (tertiary/aromatic N) is 2. The molecule has 0 aliphatic carbocycles. The van der Waals surface area contributed by atoms with Gasteiger partial charge in [-0.05, 0) is 37.6 Å². The number of nitrogens with one attached hydrogen (secondary N) is 1. The van der Waals surface area contributed by atoms with Gasteiger partial charge in [0.2, 0.25) is 0 Å². The van der Waals surface area contributed by atoms with E-state index < -0.39 is 0 Å². The van der Waals surface area contributed by atoms with Crippen molar-refractivity contribution in [2.24, 2.45) is 0 Å². The van der Waals surface area contributed by atoms with E-state index in [9.17, 15) is 4.79 Å². The molecule has 0 radical (unpaired) electrons. The summed E-state index contributed by atoms with van der Waals surface area (Å²) in [5, 5.41) is 2.99. The number of benzene rings is 1. The number of piperazine rings is 1.